The Kier molecular flexibility index (Phi) is 5.08. The fourth-order valence-electron chi connectivity index (χ4n) is 3.35. The first-order valence-corrected chi connectivity index (χ1v) is 8.84. The van der Waals surface area contributed by atoms with Crippen molar-refractivity contribution in [2.75, 3.05) is 18.5 Å². The molecule has 2 amide bonds. The molecule has 3 rings (SSSR count). The largest absolute Gasteiger partial charge is 0.394 e. The number of nitrogens with zero attached hydrogens (tertiary/aromatic N) is 3. The number of carbonyl (C=O) groups is 1. The molecule has 2 N–H and O–H groups in total. The van der Waals surface area contributed by atoms with Gasteiger partial charge in [-0.25, -0.2) is 9.48 Å². The highest BCUT2D eigenvalue weighted by atomic mass is 16.3. The number of aliphatic hydroxyl groups excluding tert-OH is 1. The molecule has 25 heavy (non-hydrogen) atoms. The third kappa shape index (κ3) is 3.54. The monoisotopic (exact) mass is 342 g/mol. The van der Waals surface area contributed by atoms with Crippen LogP contribution in [-0.2, 0) is 0 Å². The van der Waals surface area contributed by atoms with Gasteiger partial charge in [-0.1, -0.05) is 37.3 Å². The fourth-order valence-corrected chi connectivity index (χ4v) is 3.35. The van der Waals surface area contributed by atoms with Gasteiger partial charge < -0.3 is 10.0 Å². The van der Waals surface area contributed by atoms with Gasteiger partial charge in [0.05, 0.1) is 18.3 Å². The van der Waals surface area contributed by atoms with E-state index in [1.165, 1.54) is 0 Å². The van der Waals surface area contributed by atoms with Crippen molar-refractivity contribution in [3.63, 3.8) is 0 Å². The van der Waals surface area contributed by atoms with Crippen LogP contribution in [0.1, 0.15) is 33.2 Å². The molecule has 1 aromatic carbocycles. The summed E-state index contributed by atoms with van der Waals surface area (Å²) in [4.78, 5) is 14.4. The molecule has 0 aliphatic carbocycles. The van der Waals surface area contributed by atoms with E-state index in [1.54, 1.807) is 4.90 Å². The lowest BCUT2D eigenvalue weighted by Crippen LogP contribution is -2.42. The van der Waals surface area contributed by atoms with E-state index in [4.69, 9.17) is 0 Å². The average molecular weight is 342 g/mol. The van der Waals surface area contributed by atoms with Crippen LogP contribution in [0.4, 0.5) is 10.6 Å². The highest BCUT2D eigenvalue weighted by molar-refractivity contribution is 5.89. The van der Waals surface area contributed by atoms with Gasteiger partial charge in [-0.05, 0) is 26.2 Å². The van der Waals surface area contributed by atoms with Crippen molar-refractivity contribution in [3.05, 3.63) is 36.4 Å². The minimum absolute atomic E-state index is 0.00665. The van der Waals surface area contributed by atoms with Crippen LogP contribution in [0.25, 0.3) is 11.3 Å². The number of hydrogen-bond donors (Lipinski definition) is 2. The van der Waals surface area contributed by atoms with E-state index in [9.17, 15) is 9.90 Å². The zero-order valence-electron chi connectivity index (χ0n) is 15.0. The van der Waals surface area contributed by atoms with E-state index >= 15 is 0 Å². The number of hydrogen-bond acceptors (Lipinski definition) is 3. The summed E-state index contributed by atoms with van der Waals surface area (Å²) >= 11 is 0. The molecule has 1 saturated heterocycles. The minimum atomic E-state index is -0.176. The molecule has 2 unspecified atom stereocenters. The Balaban J connectivity index is 1.84. The molecule has 1 aliphatic rings. The van der Waals surface area contributed by atoms with Crippen LogP contribution in [-0.4, -0.2) is 45.0 Å². The number of aromatic nitrogens is 2. The van der Waals surface area contributed by atoms with Crippen molar-refractivity contribution in [2.24, 2.45) is 5.92 Å². The molecule has 2 atom stereocenters. The second-order valence-corrected chi connectivity index (χ2v) is 6.96. The molecule has 1 fully saturated rings. The first-order valence-electron chi connectivity index (χ1n) is 8.84. The standard InChI is InChI=1S/C19H26N4O2/c1-13(2)23-18(11-16(21-23)15-7-5-4-6-8-15)20-19(25)22-10-9-14(3)17(22)12-24/h4-8,11,13-14,17,24H,9-10,12H2,1-3H3,(H,20,25). The number of anilines is 1. The van der Waals surface area contributed by atoms with Crippen molar-refractivity contribution >= 4 is 11.8 Å². The van der Waals surface area contributed by atoms with Gasteiger partial charge in [0.15, 0.2) is 0 Å². The smallest absolute Gasteiger partial charge is 0.323 e. The molecule has 134 valence electrons. The average Bonchev–Trinajstić information content (AvgIpc) is 3.19. The van der Waals surface area contributed by atoms with Crippen LogP contribution in [0.3, 0.4) is 0 Å². The Hall–Kier alpha value is -2.34. The number of likely N-dealkylation sites (tertiary alicyclic amines) is 1. The summed E-state index contributed by atoms with van der Waals surface area (Å²) in [6.07, 6.45) is 0.914. The Morgan fingerprint density at radius 1 is 1.36 bits per heavy atom. The molecule has 1 aromatic heterocycles. The predicted molar refractivity (Wildman–Crippen MR) is 98.4 cm³/mol. The third-order valence-corrected chi connectivity index (χ3v) is 4.86. The molecule has 2 heterocycles. The number of amides is 2. The lowest BCUT2D eigenvalue weighted by atomic mass is 10.0. The maximum absolute atomic E-state index is 12.7. The number of urea groups is 1. The summed E-state index contributed by atoms with van der Waals surface area (Å²) < 4.78 is 1.83. The van der Waals surface area contributed by atoms with Crippen LogP contribution in [0, 0.1) is 5.92 Å². The molecular weight excluding hydrogens is 316 g/mol. The predicted octanol–water partition coefficient (Wildman–Crippen LogP) is 3.37. The molecule has 6 heteroatoms. The van der Waals surface area contributed by atoms with Crippen LogP contribution in [0.5, 0.6) is 0 Å². The minimum Gasteiger partial charge on any atom is -0.394 e. The van der Waals surface area contributed by atoms with Gasteiger partial charge in [0, 0.05) is 24.2 Å². The molecular formula is C19H26N4O2. The maximum atomic E-state index is 12.7. The summed E-state index contributed by atoms with van der Waals surface area (Å²) in [6, 6.07) is 11.6. The summed E-state index contributed by atoms with van der Waals surface area (Å²) in [6.45, 7) is 6.80. The van der Waals surface area contributed by atoms with Crippen molar-refractivity contribution in [2.45, 2.75) is 39.3 Å². The van der Waals surface area contributed by atoms with E-state index in [2.05, 4.69) is 17.3 Å². The Bertz CT molecular complexity index is 726. The van der Waals surface area contributed by atoms with Crippen LogP contribution >= 0.6 is 0 Å². The molecule has 2 aromatic rings. The Morgan fingerprint density at radius 3 is 2.72 bits per heavy atom. The van der Waals surface area contributed by atoms with E-state index < -0.39 is 0 Å². The first-order chi connectivity index (χ1) is 12.0. The summed E-state index contributed by atoms with van der Waals surface area (Å²) in [7, 11) is 0. The number of rotatable bonds is 4. The van der Waals surface area contributed by atoms with Crippen LogP contribution in [0.2, 0.25) is 0 Å². The van der Waals surface area contributed by atoms with Gasteiger partial charge in [0.25, 0.3) is 0 Å². The zero-order valence-corrected chi connectivity index (χ0v) is 15.0. The molecule has 0 spiro atoms. The third-order valence-electron chi connectivity index (χ3n) is 4.86. The highest BCUT2D eigenvalue weighted by Crippen LogP contribution is 2.27. The van der Waals surface area contributed by atoms with Crippen molar-refractivity contribution < 1.29 is 9.90 Å². The molecule has 0 saturated carbocycles. The van der Waals surface area contributed by atoms with Crippen LogP contribution in [0.15, 0.2) is 36.4 Å². The SMILES string of the molecule is CC1CCN(C(=O)Nc2cc(-c3ccccc3)nn2C(C)C)C1CO. The van der Waals surface area contributed by atoms with E-state index in [0.717, 1.165) is 17.7 Å². The quantitative estimate of drug-likeness (QED) is 0.895. The molecule has 1 aliphatic heterocycles. The second kappa shape index (κ2) is 7.27. The normalized spacial score (nSPS) is 20.3. The van der Waals surface area contributed by atoms with Gasteiger partial charge >= 0.3 is 6.03 Å². The second-order valence-electron chi connectivity index (χ2n) is 6.96. The van der Waals surface area contributed by atoms with E-state index in [1.807, 2.05) is 54.9 Å². The molecule has 0 radical (unpaired) electrons. The van der Waals surface area contributed by atoms with Crippen molar-refractivity contribution in [1.29, 1.82) is 0 Å². The van der Waals surface area contributed by atoms with Gasteiger partial charge in [0.1, 0.15) is 5.82 Å². The van der Waals surface area contributed by atoms with Gasteiger partial charge in [-0.15, -0.1) is 0 Å². The first kappa shape index (κ1) is 17.5. The topological polar surface area (TPSA) is 70.4 Å². The number of benzene rings is 1. The van der Waals surface area contributed by atoms with Crippen molar-refractivity contribution in [3.8, 4) is 11.3 Å². The number of nitrogens with one attached hydrogen (secondary N) is 1. The van der Waals surface area contributed by atoms with Crippen molar-refractivity contribution in [1.82, 2.24) is 14.7 Å². The van der Waals surface area contributed by atoms with E-state index in [-0.39, 0.29) is 24.7 Å². The number of carbonyl (C=O) groups excluding carboxylic acids is 1. The summed E-state index contributed by atoms with van der Waals surface area (Å²) in [5.41, 5.74) is 1.85. The zero-order chi connectivity index (χ0) is 18.0. The Labute approximate surface area is 148 Å². The molecule has 0 bridgehead atoms. The van der Waals surface area contributed by atoms with Gasteiger partial charge in [0.2, 0.25) is 0 Å². The Morgan fingerprint density at radius 2 is 2.08 bits per heavy atom. The van der Waals surface area contributed by atoms with E-state index in [0.29, 0.717) is 18.3 Å². The van der Waals surface area contributed by atoms with Gasteiger partial charge in [-0.3, -0.25) is 5.32 Å². The summed E-state index contributed by atoms with van der Waals surface area (Å²) in [5, 5.41) is 17.2. The summed E-state index contributed by atoms with van der Waals surface area (Å²) in [5.74, 6) is 0.987. The fraction of sp³-hybridized carbons (Fsp3) is 0.474. The number of aliphatic hydroxyl groups is 1. The maximum Gasteiger partial charge on any atom is 0.323 e. The lowest BCUT2D eigenvalue weighted by molar-refractivity contribution is 0.152. The highest BCUT2D eigenvalue weighted by Gasteiger charge is 2.34. The van der Waals surface area contributed by atoms with Crippen LogP contribution < -0.4 is 5.32 Å². The lowest BCUT2D eigenvalue weighted by Gasteiger charge is -2.25. The molecule has 6 nitrogen and oxygen atoms in total. The van der Waals surface area contributed by atoms with Gasteiger partial charge in [-0.2, -0.15) is 5.10 Å².